The molecule has 4 heteroatoms. The van der Waals surface area contributed by atoms with E-state index in [1.54, 1.807) is 0 Å². The molecule has 0 amide bonds. The lowest BCUT2D eigenvalue weighted by Crippen LogP contribution is -2.41. The minimum atomic E-state index is -2.23. The minimum absolute atomic E-state index is 0.0775. The third-order valence-electron chi connectivity index (χ3n) is 4.41. The van der Waals surface area contributed by atoms with Gasteiger partial charge in [0.25, 0.3) is 0 Å². The topological polar surface area (TPSA) is 64.5 Å². The number of hydrogen-bond acceptors (Lipinski definition) is 4. The van der Waals surface area contributed by atoms with Crippen LogP contribution in [0, 0.1) is 5.92 Å². The zero-order valence-corrected chi connectivity index (χ0v) is 14.6. The summed E-state index contributed by atoms with van der Waals surface area (Å²) in [4.78, 5) is 0. The second-order valence-electron chi connectivity index (χ2n) is 6.32. The number of rotatable bonds is 10. The molecule has 4 atom stereocenters. The van der Waals surface area contributed by atoms with Crippen LogP contribution in [0.25, 0.3) is 0 Å². The van der Waals surface area contributed by atoms with Crippen LogP contribution in [0.2, 0.25) is 0 Å². The predicted octanol–water partition coefficient (Wildman–Crippen LogP) is 2.66. The van der Waals surface area contributed by atoms with Gasteiger partial charge in [-0.25, -0.2) is 0 Å². The van der Waals surface area contributed by atoms with E-state index < -0.39 is 18.9 Å². The molecule has 2 aromatic carbocycles. The maximum absolute atomic E-state index is 9.79. The number of nitrogens with one attached hydrogen (secondary N) is 2. The van der Waals surface area contributed by atoms with E-state index in [-0.39, 0.29) is 25.2 Å². The van der Waals surface area contributed by atoms with Gasteiger partial charge in [-0.2, -0.15) is 0 Å². The minimum Gasteiger partial charge on any atom is -0.394 e. The summed E-state index contributed by atoms with van der Waals surface area (Å²) in [6.07, 6.45) is 0. The predicted molar refractivity (Wildman–Crippen MR) is 102 cm³/mol. The van der Waals surface area contributed by atoms with E-state index in [4.69, 9.17) is 4.11 Å². The average Bonchev–Trinajstić information content (AvgIpc) is 2.69. The Balaban J connectivity index is 2.07. The lowest BCUT2D eigenvalue weighted by atomic mass is 9.99. The Morgan fingerprint density at radius 2 is 1.40 bits per heavy atom. The molecule has 0 spiro atoms. The highest BCUT2D eigenvalue weighted by Crippen LogP contribution is 2.16. The van der Waals surface area contributed by atoms with Crippen LogP contribution in [0.1, 0.15) is 41.1 Å². The normalized spacial score (nSPS) is 18.4. The van der Waals surface area contributed by atoms with Gasteiger partial charge in [0.15, 0.2) is 0 Å². The Morgan fingerprint density at radius 1 is 0.880 bits per heavy atom. The SMILES string of the molecule is [2H]C([2H])([2H])[C@H](N[C@@H](CO)c1ccccc1)[C@H](C)CN[C@@H](CO)c1ccccc1. The Morgan fingerprint density at radius 3 is 1.88 bits per heavy atom. The van der Waals surface area contributed by atoms with E-state index in [2.05, 4.69) is 10.6 Å². The summed E-state index contributed by atoms with van der Waals surface area (Å²) in [7, 11) is 0. The van der Waals surface area contributed by atoms with Gasteiger partial charge in [0.2, 0.25) is 0 Å². The second-order valence-corrected chi connectivity index (χ2v) is 6.32. The third-order valence-corrected chi connectivity index (χ3v) is 4.41. The maximum Gasteiger partial charge on any atom is 0.0626 e. The average molecular weight is 346 g/mol. The van der Waals surface area contributed by atoms with Gasteiger partial charge in [0.1, 0.15) is 0 Å². The molecule has 0 fully saturated rings. The molecule has 4 N–H and O–H groups in total. The zero-order chi connectivity index (χ0) is 20.6. The highest BCUT2D eigenvalue weighted by molar-refractivity contribution is 5.20. The molecule has 0 aliphatic carbocycles. The van der Waals surface area contributed by atoms with E-state index in [0.29, 0.717) is 6.54 Å². The highest BCUT2D eigenvalue weighted by Gasteiger charge is 2.19. The first-order valence-corrected chi connectivity index (χ1v) is 8.67. The standard InChI is InChI=1S/C21H30N2O2/c1-16(13-22-20(14-24)18-9-5-3-6-10-18)17(2)23-21(15-25)19-11-7-4-8-12-19/h3-12,16-17,20-25H,13-15H2,1-2H3/t16-,17+,20+,21+/m1/s1/i2D3. The zero-order valence-electron chi connectivity index (χ0n) is 17.6. The lowest BCUT2D eigenvalue weighted by Gasteiger charge is -2.28. The summed E-state index contributed by atoms with van der Waals surface area (Å²) in [5.74, 6) is -0.261. The molecule has 0 bridgehead atoms. The second kappa shape index (κ2) is 10.3. The molecule has 0 aliphatic rings. The first-order chi connectivity index (χ1) is 13.4. The number of benzene rings is 2. The van der Waals surface area contributed by atoms with E-state index in [1.807, 2.05) is 67.6 Å². The molecule has 2 aromatic rings. The van der Waals surface area contributed by atoms with Crippen molar-refractivity contribution >= 4 is 0 Å². The molecular formula is C21H30N2O2. The fourth-order valence-electron chi connectivity index (χ4n) is 2.74. The summed E-state index contributed by atoms with van der Waals surface area (Å²) < 4.78 is 23.9. The van der Waals surface area contributed by atoms with E-state index in [1.165, 1.54) is 0 Å². The van der Waals surface area contributed by atoms with E-state index >= 15 is 0 Å². The smallest absolute Gasteiger partial charge is 0.0626 e. The molecule has 0 aromatic heterocycles. The first-order valence-electron chi connectivity index (χ1n) is 10.2. The molecular weight excluding hydrogens is 312 g/mol. The van der Waals surface area contributed by atoms with Gasteiger partial charge in [-0.1, -0.05) is 67.6 Å². The van der Waals surface area contributed by atoms with Gasteiger partial charge >= 0.3 is 0 Å². The number of hydrogen-bond donors (Lipinski definition) is 4. The molecule has 136 valence electrons. The van der Waals surface area contributed by atoms with Gasteiger partial charge in [0, 0.05) is 10.2 Å². The molecule has 25 heavy (non-hydrogen) atoms. The largest absolute Gasteiger partial charge is 0.394 e. The fraction of sp³-hybridized carbons (Fsp3) is 0.429. The van der Waals surface area contributed by atoms with Crippen molar-refractivity contribution in [1.82, 2.24) is 10.6 Å². The Bertz CT molecular complexity index is 683. The summed E-state index contributed by atoms with van der Waals surface area (Å²) in [6, 6.07) is 17.4. The Kier molecular flexibility index (Phi) is 6.40. The van der Waals surface area contributed by atoms with Crippen molar-refractivity contribution in [3.63, 3.8) is 0 Å². The van der Waals surface area contributed by atoms with Crippen molar-refractivity contribution in [2.75, 3.05) is 19.8 Å². The van der Waals surface area contributed by atoms with Gasteiger partial charge in [-0.15, -0.1) is 0 Å². The van der Waals surface area contributed by atoms with Crippen LogP contribution in [0.4, 0.5) is 0 Å². The lowest BCUT2D eigenvalue weighted by molar-refractivity contribution is 0.212. The van der Waals surface area contributed by atoms with Crippen LogP contribution in [-0.2, 0) is 0 Å². The summed E-state index contributed by atoms with van der Waals surface area (Å²) in [5.41, 5.74) is 1.80. The molecule has 2 rings (SSSR count). The number of aliphatic hydroxyl groups excluding tert-OH is 2. The molecule has 0 saturated carbocycles. The quantitative estimate of drug-likeness (QED) is 0.535. The summed E-state index contributed by atoms with van der Waals surface area (Å²) >= 11 is 0. The molecule has 0 heterocycles. The van der Waals surface area contributed by atoms with Gasteiger partial charge < -0.3 is 20.8 Å². The van der Waals surface area contributed by atoms with Gasteiger partial charge in [-0.05, 0) is 30.4 Å². The fourth-order valence-corrected chi connectivity index (χ4v) is 2.74. The Labute approximate surface area is 155 Å². The van der Waals surface area contributed by atoms with Crippen LogP contribution in [0.15, 0.2) is 60.7 Å². The summed E-state index contributed by atoms with van der Waals surface area (Å²) in [6.45, 7) is -0.240. The van der Waals surface area contributed by atoms with Crippen LogP contribution in [0.3, 0.4) is 0 Å². The molecule has 0 saturated heterocycles. The van der Waals surface area contributed by atoms with Crippen molar-refractivity contribution in [2.45, 2.75) is 31.9 Å². The highest BCUT2D eigenvalue weighted by atomic mass is 16.3. The van der Waals surface area contributed by atoms with Crippen LogP contribution in [-0.4, -0.2) is 36.0 Å². The van der Waals surface area contributed by atoms with E-state index in [9.17, 15) is 10.2 Å². The molecule has 4 nitrogen and oxygen atoms in total. The van der Waals surface area contributed by atoms with Crippen molar-refractivity contribution in [2.24, 2.45) is 5.92 Å². The monoisotopic (exact) mass is 345 g/mol. The van der Waals surface area contributed by atoms with Crippen molar-refractivity contribution < 1.29 is 14.3 Å². The molecule has 0 aliphatic heterocycles. The van der Waals surface area contributed by atoms with Crippen molar-refractivity contribution in [3.05, 3.63) is 71.8 Å². The molecule has 0 unspecified atom stereocenters. The third kappa shape index (κ3) is 5.94. The van der Waals surface area contributed by atoms with Crippen LogP contribution in [0.5, 0.6) is 0 Å². The maximum atomic E-state index is 9.79. The van der Waals surface area contributed by atoms with Crippen molar-refractivity contribution in [1.29, 1.82) is 0 Å². The van der Waals surface area contributed by atoms with Crippen LogP contribution < -0.4 is 10.6 Å². The van der Waals surface area contributed by atoms with Crippen molar-refractivity contribution in [3.8, 4) is 0 Å². The van der Waals surface area contributed by atoms with E-state index in [0.717, 1.165) is 11.1 Å². The van der Waals surface area contributed by atoms with Crippen LogP contribution >= 0.6 is 0 Å². The Hall–Kier alpha value is -1.72. The first kappa shape index (κ1) is 15.5. The summed E-state index contributed by atoms with van der Waals surface area (Å²) in [5, 5.41) is 25.9. The molecule has 0 radical (unpaired) electrons. The van der Waals surface area contributed by atoms with Gasteiger partial charge in [-0.3, -0.25) is 0 Å². The van der Waals surface area contributed by atoms with Gasteiger partial charge in [0.05, 0.1) is 25.3 Å². The number of aliphatic hydroxyl groups is 2.